The maximum absolute atomic E-state index is 5.22. The van der Waals surface area contributed by atoms with E-state index in [2.05, 4.69) is 12.6 Å². The quantitative estimate of drug-likeness (QED) is 0.667. The molecule has 1 aromatic rings. The fourth-order valence-electron chi connectivity index (χ4n) is 1.13. The van der Waals surface area contributed by atoms with Gasteiger partial charge in [-0.15, -0.1) is 0 Å². The van der Waals surface area contributed by atoms with Crippen molar-refractivity contribution in [3.8, 4) is 5.75 Å². The summed E-state index contributed by atoms with van der Waals surface area (Å²) in [6.07, 6.45) is 0. The van der Waals surface area contributed by atoms with Crippen LogP contribution in [0.2, 0.25) is 0 Å². The summed E-state index contributed by atoms with van der Waals surface area (Å²) >= 11 is 4.20. The molecule has 60 valence electrons. The van der Waals surface area contributed by atoms with E-state index < -0.39 is 0 Å². The third kappa shape index (κ3) is 1.69. The van der Waals surface area contributed by atoms with Crippen LogP contribution in [-0.2, 0) is 5.75 Å². The van der Waals surface area contributed by atoms with E-state index in [0.29, 0.717) is 0 Å². The Hall–Kier alpha value is -0.630. The first-order valence-corrected chi connectivity index (χ1v) is 4.16. The number of hydrogen-bond donors (Lipinski definition) is 1. The van der Waals surface area contributed by atoms with Crippen LogP contribution in [0.25, 0.3) is 0 Å². The van der Waals surface area contributed by atoms with E-state index in [-0.39, 0.29) is 0 Å². The van der Waals surface area contributed by atoms with Gasteiger partial charge in [-0.1, -0.05) is 18.2 Å². The second-order valence-electron chi connectivity index (χ2n) is 2.43. The highest BCUT2D eigenvalue weighted by Crippen LogP contribution is 2.23. The molecule has 0 saturated heterocycles. The monoisotopic (exact) mass is 168 g/mol. The van der Waals surface area contributed by atoms with Crippen LogP contribution in [-0.4, -0.2) is 7.11 Å². The Labute approximate surface area is 72.8 Å². The summed E-state index contributed by atoms with van der Waals surface area (Å²) in [5.41, 5.74) is 2.31. The first-order valence-electron chi connectivity index (χ1n) is 3.53. The lowest BCUT2D eigenvalue weighted by Crippen LogP contribution is -1.91. The molecular formula is C9H12OS. The van der Waals surface area contributed by atoms with E-state index in [4.69, 9.17) is 4.74 Å². The molecule has 0 unspecified atom stereocenters. The predicted molar refractivity (Wildman–Crippen MR) is 50.4 cm³/mol. The van der Waals surface area contributed by atoms with Gasteiger partial charge in [0.25, 0.3) is 0 Å². The van der Waals surface area contributed by atoms with Crippen LogP contribution in [0.3, 0.4) is 0 Å². The number of methoxy groups -OCH3 is 1. The highest BCUT2D eigenvalue weighted by Gasteiger charge is 2.02. The molecule has 0 spiro atoms. The van der Waals surface area contributed by atoms with Crippen molar-refractivity contribution in [1.82, 2.24) is 0 Å². The van der Waals surface area contributed by atoms with Crippen molar-refractivity contribution in [3.05, 3.63) is 29.3 Å². The topological polar surface area (TPSA) is 9.23 Å². The fraction of sp³-hybridized carbons (Fsp3) is 0.333. The van der Waals surface area contributed by atoms with Crippen LogP contribution in [0.15, 0.2) is 18.2 Å². The molecule has 0 fully saturated rings. The highest BCUT2D eigenvalue weighted by atomic mass is 32.1. The Bertz CT molecular complexity index is 245. The Morgan fingerprint density at radius 3 is 2.64 bits per heavy atom. The summed E-state index contributed by atoms with van der Waals surface area (Å²) in [4.78, 5) is 0. The number of hydrogen-bond acceptors (Lipinski definition) is 2. The molecular weight excluding hydrogens is 156 g/mol. The third-order valence-corrected chi connectivity index (χ3v) is 2.01. The molecule has 0 aromatic heterocycles. The second-order valence-corrected chi connectivity index (χ2v) is 2.74. The van der Waals surface area contributed by atoms with Crippen molar-refractivity contribution in [3.63, 3.8) is 0 Å². The van der Waals surface area contributed by atoms with Crippen molar-refractivity contribution in [2.24, 2.45) is 0 Å². The first-order chi connectivity index (χ1) is 5.29. The van der Waals surface area contributed by atoms with Crippen molar-refractivity contribution in [2.75, 3.05) is 7.11 Å². The number of thiol groups is 1. The molecule has 0 N–H and O–H groups in total. The Kier molecular flexibility index (Phi) is 2.83. The van der Waals surface area contributed by atoms with Gasteiger partial charge in [0.2, 0.25) is 0 Å². The lowest BCUT2D eigenvalue weighted by atomic mass is 10.1. The average molecular weight is 168 g/mol. The molecule has 0 saturated carbocycles. The standard InChI is InChI=1S/C9H12OS/c1-7-4-3-5-8(6-11)9(7)10-2/h3-5,11H,6H2,1-2H3. The van der Waals surface area contributed by atoms with Crippen LogP contribution in [0.1, 0.15) is 11.1 Å². The summed E-state index contributed by atoms with van der Waals surface area (Å²) in [7, 11) is 1.69. The van der Waals surface area contributed by atoms with Gasteiger partial charge in [-0.3, -0.25) is 0 Å². The van der Waals surface area contributed by atoms with Gasteiger partial charge in [0, 0.05) is 11.3 Å². The normalized spacial score (nSPS) is 9.73. The fourth-order valence-corrected chi connectivity index (χ4v) is 1.38. The third-order valence-electron chi connectivity index (χ3n) is 1.67. The maximum Gasteiger partial charge on any atom is 0.125 e. The molecule has 0 heterocycles. The average Bonchev–Trinajstić information content (AvgIpc) is 2.04. The lowest BCUT2D eigenvalue weighted by molar-refractivity contribution is 0.408. The van der Waals surface area contributed by atoms with Crippen LogP contribution in [0.5, 0.6) is 5.75 Å². The molecule has 0 amide bonds. The van der Waals surface area contributed by atoms with Gasteiger partial charge < -0.3 is 4.74 Å². The largest absolute Gasteiger partial charge is 0.496 e. The summed E-state index contributed by atoms with van der Waals surface area (Å²) < 4.78 is 5.22. The van der Waals surface area contributed by atoms with E-state index >= 15 is 0 Å². The lowest BCUT2D eigenvalue weighted by Gasteiger charge is -2.08. The number of ether oxygens (including phenoxy) is 1. The summed E-state index contributed by atoms with van der Waals surface area (Å²) in [6, 6.07) is 6.08. The predicted octanol–water partition coefficient (Wildman–Crippen LogP) is 2.43. The molecule has 0 aliphatic heterocycles. The Morgan fingerprint density at radius 2 is 2.18 bits per heavy atom. The van der Waals surface area contributed by atoms with E-state index in [1.807, 2.05) is 25.1 Å². The highest BCUT2D eigenvalue weighted by molar-refractivity contribution is 7.79. The summed E-state index contributed by atoms with van der Waals surface area (Å²) in [5.74, 6) is 1.69. The molecule has 0 aliphatic carbocycles. The Balaban J connectivity index is 3.13. The van der Waals surface area contributed by atoms with E-state index in [1.165, 1.54) is 5.56 Å². The van der Waals surface area contributed by atoms with E-state index in [1.54, 1.807) is 7.11 Å². The molecule has 0 bridgehead atoms. The summed E-state index contributed by atoms with van der Waals surface area (Å²) in [5, 5.41) is 0. The minimum absolute atomic E-state index is 0.727. The van der Waals surface area contributed by atoms with Gasteiger partial charge in [-0.25, -0.2) is 0 Å². The van der Waals surface area contributed by atoms with Gasteiger partial charge in [-0.05, 0) is 12.5 Å². The zero-order valence-electron chi connectivity index (χ0n) is 6.79. The van der Waals surface area contributed by atoms with Gasteiger partial charge in [-0.2, -0.15) is 12.6 Å². The van der Waals surface area contributed by atoms with Crippen LogP contribution in [0, 0.1) is 6.92 Å². The minimum atomic E-state index is 0.727. The molecule has 0 radical (unpaired) electrons. The first kappa shape index (κ1) is 8.47. The van der Waals surface area contributed by atoms with Gasteiger partial charge in [0.1, 0.15) is 5.75 Å². The van der Waals surface area contributed by atoms with Crippen LogP contribution in [0.4, 0.5) is 0 Å². The van der Waals surface area contributed by atoms with Gasteiger partial charge >= 0.3 is 0 Å². The van der Waals surface area contributed by atoms with E-state index in [0.717, 1.165) is 17.1 Å². The Morgan fingerprint density at radius 1 is 1.45 bits per heavy atom. The molecule has 0 aliphatic rings. The number of rotatable bonds is 2. The zero-order chi connectivity index (χ0) is 8.27. The van der Waals surface area contributed by atoms with Crippen molar-refractivity contribution in [1.29, 1.82) is 0 Å². The van der Waals surface area contributed by atoms with Crippen molar-refractivity contribution in [2.45, 2.75) is 12.7 Å². The molecule has 1 rings (SSSR count). The number of aryl methyl sites for hydroxylation is 1. The van der Waals surface area contributed by atoms with Crippen LogP contribution < -0.4 is 4.74 Å². The molecule has 1 aromatic carbocycles. The zero-order valence-corrected chi connectivity index (χ0v) is 7.69. The minimum Gasteiger partial charge on any atom is -0.496 e. The van der Waals surface area contributed by atoms with Gasteiger partial charge in [0.05, 0.1) is 7.11 Å². The van der Waals surface area contributed by atoms with Gasteiger partial charge in [0.15, 0.2) is 0 Å². The maximum atomic E-state index is 5.22. The van der Waals surface area contributed by atoms with Crippen molar-refractivity contribution >= 4 is 12.6 Å². The summed E-state index contributed by atoms with van der Waals surface area (Å²) in [6.45, 7) is 2.03. The number of benzene rings is 1. The second kappa shape index (κ2) is 3.67. The van der Waals surface area contributed by atoms with Crippen molar-refractivity contribution < 1.29 is 4.74 Å². The smallest absolute Gasteiger partial charge is 0.125 e. The number of para-hydroxylation sites is 1. The van der Waals surface area contributed by atoms with Crippen LogP contribution >= 0.6 is 12.6 Å². The molecule has 11 heavy (non-hydrogen) atoms. The molecule has 2 heteroatoms. The SMILES string of the molecule is COc1c(C)cccc1CS. The molecule has 1 nitrogen and oxygen atoms in total. The van der Waals surface area contributed by atoms with E-state index in [9.17, 15) is 0 Å². The molecule has 0 atom stereocenters.